The van der Waals surface area contributed by atoms with Gasteiger partial charge in [-0.2, -0.15) is 0 Å². The van der Waals surface area contributed by atoms with Crippen LogP contribution < -0.4 is 5.32 Å². The van der Waals surface area contributed by atoms with Crippen molar-refractivity contribution in [1.82, 2.24) is 5.16 Å². The fourth-order valence-corrected chi connectivity index (χ4v) is 7.17. The van der Waals surface area contributed by atoms with Crippen molar-refractivity contribution in [2.45, 2.75) is 62.4 Å². The van der Waals surface area contributed by atoms with Gasteiger partial charge in [-0.25, -0.2) is 0 Å². The smallest absolute Gasteiger partial charge is 0.238 e. The average Bonchev–Trinajstić information content (AvgIpc) is 2.81. The SMILES string of the molecule is Cc1cc(NC(=O)[C@@H](C)SC23CC4CC(CC(C4)C2)C3)no1. The van der Waals surface area contributed by atoms with E-state index >= 15 is 0 Å². The van der Waals surface area contributed by atoms with Crippen molar-refractivity contribution in [3.63, 3.8) is 0 Å². The molecular weight excluding hydrogens is 296 g/mol. The molecule has 0 unspecified atom stereocenters. The van der Waals surface area contributed by atoms with Gasteiger partial charge in [0.1, 0.15) is 5.76 Å². The molecule has 4 aliphatic rings. The van der Waals surface area contributed by atoms with E-state index in [1.54, 1.807) is 6.07 Å². The lowest BCUT2D eigenvalue weighted by Crippen LogP contribution is -2.49. The molecule has 1 amide bonds. The molecule has 4 aliphatic carbocycles. The van der Waals surface area contributed by atoms with Gasteiger partial charge >= 0.3 is 0 Å². The van der Waals surface area contributed by atoms with E-state index in [1.165, 1.54) is 38.5 Å². The number of aryl methyl sites for hydroxylation is 1. The molecule has 0 aliphatic heterocycles. The summed E-state index contributed by atoms with van der Waals surface area (Å²) in [5.41, 5.74) is 0. The highest BCUT2D eigenvalue weighted by atomic mass is 32.2. The highest BCUT2D eigenvalue weighted by molar-refractivity contribution is 8.01. The molecule has 4 saturated carbocycles. The molecule has 0 saturated heterocycles. The monoisotopic (exact) mass is 320 g/mol. The van der Waals surface area contributed by atoms with Gasteiger partial charge in [-0.15, -0.1) is 11.8 Å². The Bertz CT molecular complexity index is 548. The minimum absolute atomic E-state index is 0.0340. The Labute approximate surface area is 135 Å². The topological polar surface area (TPSA) is 55.1 Å². The number of amides is 1. The molecule has 1 atom stereocenters. The number of anilines is 1. The van der Waals surface area contributed by atoms with Crippen molar-refractivity contribution in [2.24, 2.45) is 17.8 Å². The summed E-state index contributed by atoms with van der Waals surface area (Å²) in [7, 11) is 0. The van der Waals surface area contributed by atoms with Crippen molar-refractivity contribution >= 4 is 23.5 Å². The lowest BCUT2D eigenvalue weighted by atomic mass is 9.56. The third-order valence-corrected chi connectivity index (χ3v) is 7.22. The van der Waals surface area contributed by atoms with E-state index in [0.29, 0.717) is 10.6 Å². The quantitative estimate of drug-likeness (QED) is 0.910. The molecule has 1 aromatic rings. The zero-order valence-corrected chi connectivity index (χ0v) is 14.1. The number of aromatic nitrogens is 1. The summed E-state index contributed by atoms with van der Waals surface area (Å²) in [6.45, 7) is 3.86. The highest BCUT2D eigenvalue weighted by Crippen LogP contribution is 2.61. The summed E-state index contributed by atoms with van der Waals surface area (Å²) in [5.74, 6) is 4.07. The molecule has 0 radical (unpaired) electrons. The minimum atomic E-state index is -0.0340. The van der Waals surface area contributed by atoms with Crippen LogP contribution in [-0.4, -0.2) is 21.1 Å². The van der Waals surface area contributed by atoms with Gasteiger partial charge in [-0.05, 0) is 70.1 Å². The number of rotatable bonds is 4. The maximum Gasteiger partial charge on any atom is 0.238 e. The first kappa shape index (κ1) is 14.6. The van der Waals surface area contributed by atoms with Gasteiger partial charge in [0.2, 0.25) is 5.91 Å². The molecule has 0 spiro atoms. The molecule has 4 bridgehead atoms. The van der Waals surface area contributed by atoms with Crippen molar-refractivity contribution in [2.75, 3.05) is 5.32 Å². The number of nitrogens with one attached hydrogen (secondary N) is 1. The van der Waals surface area contributed by atoms with Crippen molar-refractivity contribution < 1.29 is 9.32 Å². The van der Waals surface area contributed by atoms with E-state index in [0.717, 1.165) is 23.5 Å². The lowest BCUT2D eigenvalue weighted by Gasteiger charge is -2.56. The number of carbonyl (C=O) groups excluding carboxylic acids is 1. The molecule has 1 N–H and O–H groups in total. The molecule has 1 heterocycles. The second-order valence-corrected chi connectivity index (χ2v) is 9.48. The number of carbonyl (C=O) groups is 1. The van der Waals surface area contributed by atoms with Crippen LogP contribution in [0.1, 0.15) is 51.2 Å². The van der Waals surface area contributed by atoms with Crippen LogP contribution in [0.4, 0.5) is 5.82 Å². The third kappa shape index (κ3) is 2.68. The first-order chi connectivity index (χ1) is 10.5. The molecule has 0 aromatic carbocycles. The molecule has 120 valence electrons. The number of hydrogen-bond acceptors (Lipinski definition) is 4. The van der Waals surface area contributed by atoms with Crippen LogP contribution in [-0.2, 0) is 4.79 Å². The molecule has 22 heavy (non-hydrogen) atoms. The minimum Gasteiger partial charge on any atom is -0.360 e. The Morgan fingerprint density at radius 3 is 2.41 bits per heavy atom. The molecule has 5 heteroatoms. The number of hydrogen-bond donors (Lipinski definition) is 1. The van der Waals surface area contributed by atoms with Crippen LogP contribution in [0.3, 0.4) is 0 Å². The maximum absolute atomic E-state index is 12.4. The van der Waals surface area contributed by atoms with Gasteiger partial charge in [0.25, 0.3) is 0 Å². The second kappa shape index (κ2) is 5.29. The largest absolute Gasteiger partial charge is 0.360 e. The Hall–Kier alpha value is -0.970. The fraction of sp³-hybridized carbons (Fsp3) is 0.765. The standard InChI is InChI=1S/C17H24N2O2S/c1-10-3-15(19-21-10)18-16(20)11(2)22-17-7-12-4-13(8-17)6-14(5-12)9-17/h3,11-14H,4-9H2,1-2H3,(H,18,19,20)/t11-,12?,13?,14?,17?/m1/s1. The van der Waals surface area contributed by atoms with E-state index < -0.39 is 0 Å². The molecule has 5 rings (SSSR count). The van der Waals surface area contributed by atoms with E-state index in [1.807, 2.05) is 25.6 Å². The first-order valence-electron chi connectivity index (χ1n) is 8.43. The zero-order valence-electron chi connectivity index (χ0n) is 13.3. The predicted molar refractivity (Wildman–Crippen MR) is 87.8 cm³/mol. The molecule has 4 nitrogen and oxygen atoms in total. The van der Waals surface area contributed by atoms with Crippen LogP contribution >= 0.6 is 11.8 Å². The second-order valence-electron chi connectivity index (χ2n) is 7.67. The average molecular weight is 320 g/mol. The lowest BCUT2D eigenvalue weighted by molar-refractivity contribution is -0.115. The van der Waals surface area contributed by atoms with Crippen LogP contribution in [0.5, 0.6) is 0 Å². The first-order valence-corrected chi connectivity index (χ1v) is 9.31. The Morgan fingerprint density at radius 1 is 1.32 bits per heavy atom. The van der Waals surface area contributed by atoms with Gasteiger partial charge < -0.3 is 9.84 Å². The maximum atomic E-state index is 12.4. The summed E-state index contributed by atoms with van der Waals surface area (Å²) in [6.07, 6.45) is 8.30. The van der Waals surface area contributed by atoms with Gasteiger partial charge in [0, 0.05) is 10.8 Å². The van der Waals surface area contributed by atoms with Gasteiger partial charge in [-0.1, -0.05) is 5.16 Å². The molecule has 4 fully saturated rings. The third-order valence-electron chi connectivity index (χ3n) is 5.66. The molecule has 1 aromatic heterocycles. The Balaban J connectivity index is 1.41. The summed E-state index contributed by atoms with van der Waals surface area (Å²) in [4.78, 5) is 12.4. The van der Waals surface area contributed by atoms with E-state index in [-0.39, 0.29) is 11.2 Å². The Morgan fingerprint density at radius 2 is 1.91 bits per heavy atom. The van der Waals surface area contributed by atoms with E-state index in [9.17, 15) is 4.79 Å². The summed E-state index contributed by atoms with van der Waals surface area (Å²) >= 11 is 1.92. The molecular formula is C17H24N2O2S. The number of thioether (sulfide) groups is 1. The van der Waals surface area contributed by atoms with Gasteiger partial charge in [0.15, 0.2) is 5.82 Å². The van der Waals surface area contributed by atoms with E-state index in [2.05, 4.69) is 10.5 Å². The Kier molecular flexibility index (Phi) is 3.51. The van der Waals surface area contributed by atoms with Crippen molar-refractivity contribution in [3.05, 3.63) is 11.8 Å². The van der Waals surface area contributed by atoms with Crippen LogP contribution in [0, 0.1) is 24.7 Å². The van der Waals surface area contributed by atoms with Crippen LogP contribution in [0.15, 0.2) is 10.6 Å². The predicted octanol–water partition coefficient (Wildman–Crippen LogP) is 4.01. The summed E-state index contributed by atoms with van der Waals surface area (Å²) in [6, 6.07) is 1.76. The normalized spacial score (nSPS) is 37.3. The zero-order chi connectivity index (χ0) is 15.3. The van der Waals surface area contributed by atoms with Crippen LogP contribution in [0.2, 0.25) is 0 Å². The van der Waals surface area contributed by atoms with Gasteiger partial charge in [-0.3, -0.25) is 4.79 Å². The van der Waals surface area contributed by atoms with Crippen molar-refractivity contribution in [3.8, 4) is 0 Å². The van der Waals surface area contributed by atoms with Crippen LogP contribution in [0.25, 0.3) is 0 Å². The van der Waals surface area contributed by atoms with Crippen molar-refractivity contribution in [1.29, 1.82) is 0 Å². The van der Waals surface area contributed by atoms with Gasteiger partial charge in [0.05, 0.1) is 5.25 Å². The fourth-order valence-electron chi connectivity index (χ4n) is 5.26. The highest BCUT2D eigenvalue weighted by Gasteiger charge is 2.52. The van der Waals surface area contributed by atoms with E-state index in [4.69, 9.17) is 4.52 Å². The summed E-state index contributed by atoms with van der Waals surface area (Å²) in [5, 5.41) is 6.69. The number of nitrogens with zero attached hydrogens (tertiary/aromatic N) is 1. The summed E-state index contributed by atoms with van der Waals surface area (Å²) < 4.78 is 5.37.